The van der Waals surface area contributed by atoms with Gasteiger partial charge in [-0.2, -0.15) is 10.2 Å². The summed E-state index contributed by atoms with van der Waals surface area (Å²) in [7, 11) is 3.85. The largest absolute Gasteiger partial charge is 0.508 e. The monoisotopic (exact) mass is 1110 g/mol. The molecule has 1 fully saturated rings. The number of esters is 3. The molecule has 3 aliphatic heterocycles. The summed E-state index contributed by atoms with van der Waals surface area (Å²) in [6.45, 7) is 6.12. The number of likely N-dealkylation sites (tertiary alicyclic amines) is 1. The Balaban J connectivity index is 0.867. The third-order valence-electron chi connectivity index (χ3n) is 13.7. The average Bonchev–Trinajstić information content (AvgIpc) is 2.19. The van der Waals surface area contributed by atoms with Crippen LogP contribution >= 0.6 is 0 Å². The van der Waals surface area contributed by atoms with Gasteiger partial charge in [0.1, 0.15) is 53.2 Å². The third kappa shape index (κ3) is 12.6. The number of carboxylic acids is 1. The second-order valence-electron chi connectivity index (χ2n) is 20.0. The number of amides is 4. The molecule has 3 heterocycles. The summed E-state index contributed by atoms with van der Waals surface area (Å²) >= 11 is 0. The first-order valence-corrected chi connectivity index (χ1v) is 25.7. The highest BCUT2D eigenvalue weighted by Crippen LogP contribution is 2.57. The molecule has 5 aromatic carbocycles. The van der Waals surface area contributed by atoms with E-state index < -0.39 is 108 Å². The van der Waals surface area contributed by atoms with Crippen LogP contribution in [0.25, 0.3) is 0 Å². The number of hydrogen-bond acceptors (Lipinski definition) is 19. The number of phenolic OH excluding ortho intramolecular Hbond substituents is 2. The molecule has 0 aliphatic carbocycles. The van der Waals surface area contributed by atoms with Gasteiger partial charge in [-0.15, -0.1) is 5.48 Å². The van der Waals surface area contributed by atoms with Crippen molar-refractivity contribution in [2.75, 3.05) is 25.5 Å². The molecule has 0 bridgehead atoms. The van der Waals surface area contributed by atoms with Gasteiger partial charge in [0.15, 0.2) is 5.60 Å². The Labute approximate surface area is 463 Å². The van der Waals surface area contributed by atoms with E-state index in [2.05, 4.69) is 31.7 Å². The molecule has 8 rings (SSSR count). The van der Waals surface area contributed by atoms with E-state index >= 15 is 0 Å². The van der Waals surface area contributed by atoms with E-state index in [1.807, 2.05) is 43.3 Å². The Morgan fingerprint density at radius 1 is 0.728 bits per heavy atom. The van der Waals surface area contributed by atoms with Gasteiger partial charge in [-0.3, -0.25) is 24.0 Å². The van der Waals surface area contributed by atoms with E-state index in [4.69, 9.17) is 19.0 Å². The van der Waals surface area contributed by atoms with E-state index in [0.717, 1.165) is 5.69 Å². The fourth-order valence-electron chi connectivity index (χ4n) is 9.41. The van der Waals surface area contributed by atoms with Gasteiger partial charge in [0, 0.05) is 61.6 Å². The molecule has 81 heavy (non-hydrogen) atoms. The number of aliphatic carboxylic acids is 1. The van der Waals surface area contributed by atoms with Crippen LogP contribution in [-0.2, 0) is 48.7 Å². The van der Waals surface area contributed by atoms with Crippen LogP contribution in [0, 0.1) is 5.92 Å². The number of aromatic hydroxyl groups is 2. The Morgan fingerprint density at radius 3 is 1.93 bits per heavy atom. The lowest BCUT2D eigenvalue weighted by Crippen LogP contribution is -2.58. The van der Waals surface area contributed by atoms with Gasteiger partial charge in [-0.1, -0.05) is 13.8 Å². The molecule has 1 saturated heterocycles. The summed E-state index contributed by atoms with van der Waals surface area (Å²) in [6, 6.07) is 18.9. The maximum Gasteiger partial charge on any atom is 0.356 e. The van der Waals surface area contributed by atoms with Crippen molar-refractivity contribution in [1.29, 1.82) is 0 Å². The summed E-state index contributed by atoms with van der Waals surface area (Å²) in [5, 5.41) is 46.2. The third-order valence-corrected chi connectivity index (χ3v) is 13.7. The number of fused-ring (bicyclic) bond motifs is 6. The summed E-state index contributed by atoms with van der Waals surface area (Å²) < 4.78 is 17.3. The normalized spacial score (nSPS) is 16.1. The highest BCUT2D eigenvalue weighted by Gasteiger charge is 2.54. The van der Waals surface area contributed by atoms with Crippen LogP contribution in [0.3, 0.4) is 0 Å². The second kappa shape index (κ2) is 24.1. The van der Waals surface area contributed by atoms with Gasteiger partial charge in [0.25, 0.3) is 0 Å². The van der Waals surface area contributed by atoms with E-state index in [-0.39, 0.29) is 69.3 Å². The number of nitrogens with zero attached hydrogens (tertiary/aromatic N) is 4. The fourth-order valence-corrected chi connectivity index (χ4v) is 9.41. The molecule has 24 heteroatoms. The molecule has 0 aromatic heterocycles. The fraction of sp³-hybridized carbons (Fsp3) is 0.316. The van der Waals surface area contributed by atoms with Gasteiger partial charge in [0.2, 0.25) is 23.6 Å². The number of carbonyl (C=O) groups is 9. The molecule has 1 spiro atoms. The van der Waals surface area contributed by atoms with Gasteiger partial charge in [-0.05, 0) is 130 Å². The van der Waals surface area contributed by atoms with Crippen LogP contribution in [0.5, 0.6) is 23.0 Å². The van der Waals surface area contributed by atoms with Crippen molar-refractivity contribution in [3.05, 3.63) is 137 Å². The first kappa shape index (κ1) is 57.5. The van der Waals surface area contributed by atoms with Crippen molar-refractivity contribution >= 4 is 70.5 Å². The number of hydroxylamine groups is 1. The molecule has 4 amide bonds. The Bertz CT molecular complexity index is 3290. The number of nitrogens with one attached hydrogen (secondary N) is 4. The molecular weight excluding hydrogens is 1050 g/mol. The van der Waals surface area contributed by atoms with Crippen LogP contribution in [0.1, 0.15) is 101 Å². The molecule has 422 valence electrons. The van der Waals surface area contributed by atoms with Crippen molar-refractivity contribution in [2.45, 2.75) is 89.2 Å². The molecule has 3 aliphatic rings. The minimum absolute atomic E-state index is 0.0280. The smallest absolute Gasteiger partial charge is 0.356 e. The van der Waals surface area contributed by atoms with E-state index in [1.165, 1.54) is 85.5 Å². The molecule has 7 N–H and O–H groups in total. The number of phenols is 2. The molecule has 0 saturated carbocycles. The number of anilines is 1. The number of carbonyl (C=O) groups excluding carboxylic acids is 8. The molecule has 0 unspecified atom stereocenters. The van der Waals surface area contributed by atoms with E-state index in [0.29, 0.717) is 17.8 Å². The maximum absolute atomic E-state index is 14.0. The lowest BCUT2D eigenvalue weighted by atomic mass is 9.77. The highest BCUT2D eigenvalue weighted by atomic mass is 16.7. The molecule has 24 nitrogen and oxygen atoms in total. The predicted molar refractivity (Wildman–Crippen MR) is 286 cm³/mol. The zero-order chi connectivity index (χ0) is 58.4. The number of carboxylic acid groups (broad SMARTS) is 1. The van der Waals surface area contributed by atoms with E-state index in [9.17, 15) is 58.5 Å². The van der Waals surface area contributed by atoms with Crippen LogP contribution in [0.15, 0.2) is 113 Å². The lowest BCUT2D eigenvalue weighted by Gasteiger charge is -2.36. The number of azo groups is 1. The van der Waals surface area contributed by atoms with E-state index in [1.54, 1.807) is 26.0 Å². The molecule has 5 atom stereocenters. The zero-order valence-electron chi connectivity index (χ0n) is 44.8. The zero-order valence-corrected chi connectivity index (χ0v) is 44.8. The average molecular weight is 1110 g/mol. The molecular formula is C57H58N8O16. The van der Waals surface area contributed by atoms with Crippen molar-refractivity contribution in [2.24, 2.45) is 16.1 Å². The minimum Gasteiger partial charge on any atom is -0.508 e. The van der Waals surface area contributed by atoms with Crippen molar-refractivity contribution in [1.82, 2.24) is 26.3 Å². The Kier molecular flexibility index (Phi) is 17.1. The molecule has 0 radical (unpaired) electrons. The van der Waals surface area contributed by atoms with Gasteiger partial charge in [0.05, 0.1) is 28.1 Å². The summed E-state index contributed by atoms with van der Waals surface area (Å²) in [6.07, 6.45) is -0.629. The van der Waals surface area contributed by atoms with Gasteiger partial charge >= 0.3 is 29.8 Å². The maximum atomic E-state index is 14.0. The molecule has 5 aromatic rings. The van der Waals surface area contributed by atoms with Crippen LogP contribution in [0.4, 0.5) is 17.1 Å². The summed E-state index contributed by atoms with van der Waals surface area (Å²) in [4.78, 5) is 129. The SMILES string of the molecule is CC(C)[C@H](NC(=O)[C@@H]1CCCN1C(=O)[C@H](C)NC(=O)[C@H](C)NOC(=O)c1ccc(N=Nc2ccc(N(C)C)cc2)cc1)C(=O)N[C@@H](CCC(=O)O)C(=O)OC(=O)c1ccc2c(c1)C1(OC2=O)c2ccc(O)cc2Oc2cc(O)ccc21. The van der Waals surface area contributed by atoms with Crippen molar-refractivity contribution in [3.8, 4) is 23.0 Å². The van der Waals surface area contributed by atoms with Gasteiger partial charge < -0.3 is 60.1 Å². The van der Waals surface area contributed by atoms with Crippen LogP contribution < -0.4 is 31.1 Å². The number of benzene rings is 5. The predicted octanol–water partition coefficient (Wildman–Crippen LogP) is 5.57. The van der Waals surface area contributed by atoms with Crippen LogP contribution in [0.2, 0.25) is 0 Å². The standard InChI is InChI=1S/C57H58N8O16/c1-29(2)48(60-50(71)44-8-7-25-65(44)52(73)31(4)58-49(70)30(3)63-81-54(75)32-9-12-34(13-10-32)61-62-35-14-16-36(17-15-35)64(5)6)51(72)59-43(23-24-47(68)69)56(77)79-53(74)33-11-20-39-42(26-33)57(80-55(39)76)40-21-18-37(66)27-45(40)78-46-28-38(67)19-22-41(46)57/h9-22,26-31,43-44,48,63,66-67H,7-8,23-25H2,1-6H3,(H,58,70)(H,59,72)(H,60,71)(H,68,69)/t30-,31-,43-,44-,48-/m0/s1. The van der Waals surface area contributed by atoms with Crippen LogP contribution in [-0.4, -0.2) is 125 Å². The van der Waals surface area contributed by atoms with Crippen molar-refractivity contribution in [3.63, 3.8) is 0 Å². The minimum atomic E-state index is -1.77. The first-order chi connectivity index (χ1) is 38.5. The summed E-state index contributed by atoms with van der Waals surface area (Å²) in [5.74, 6) is -9.44. The lowest BCUT2D eigenvalue weighted by molar-refractivity contribution is -0.145. The second-order valence-corrected chi connectivity index (χ2v) is 20.0. The highest BCUT2D eigenvalue weighted by molar-refractivity contribution is 6.03. The number of hydrogen-bond donors (Lipinski definition) is 7. The first-order valence-electron chi connectivity index (χ1n) is 25.7. The Hall–Kier alpha value is -9.71. The Morgan fingerprint density at radius 2 is 1.33 bits per heavy atom. The van der Waals surface area contributed by atoms with Crippen molar-refractivity contribution < 1.29 is 77.5 Å². The number of rotatable bonds is 19. The topological polar surface area (TPSA) is 331 Å². The quantitative estimate of drug-likeness (QED) is 0.0175. The summed E-state index contributed by atoms with van der Waals surface area (Å²) in [5.41, 5.74) is 3.27. The number of ether oxygens (including phenoxy) is 3. The van der Waals surface area contributed by atoms with Gasteiger partial charge in [-0.25, -0.2) is 19.2 Å².